The van der Waals surface area contributed by atoms with Crippen molar-refractivity contribution in [1.82, 2.24) is 0 Å². The third-order valence-corrected chi connectivity index (χ3v) is 3.05. The monoisotopic (exact) mass is 296 g/mol. The summed E-state index contributed by atoms with van der Waals surface area (Å²) < 4.78 is 61.8. The molecule has 114 valence electrons. The molecule has 1 unspecified atom stereocenters. The molecule has 0 amide bonds. The average molecular weight is 296 g/mol. The standard InChI is InChI=1S/C14H17F5O/c1-2-3-4-10-5-7-11(8-6-10)12(20)9-13(15,16)14(17,18)19/h5-8,12,20H,2-4,9H2,1H3. The highest BCUT2D eigenvalue weighted by atomic mass is 19.4. The van der Waals surface area contributed by atoms with E-state index in [1.54, 1.807) is 12.1 Å². The summed E-state index contributed by atoms with van der Waals surface area (Å²) in [6, 6.07) is 6.06. The Kier molecular flexibility index (Phi) is 5.50. The van der Waals surface area contributed by atoms with Crippen molar-refractivity contribution in [2.75, 3.05) is 0 Å². The lowest BCUT2D eigenvalue weighted by Gasteiger charge is -2.22. The molecule has 0 saturated carbocycles. The number of alkyl halides is 5. The molecule has 0 aliphatic carbocycles. The molecule has 1 N–H and O–H groups in total. The Hall–Kier alpha value is -1.17. The number of aryl methyl sites for hydroxylation is 1. The molecule has 0 saturated heterocycles. The molecule has 6 heteroatoms. The van der Waals surface area contributed by atoms with Crippen LogP contribution in [0.1, 0.15) is 43.4 Å². The number of aliphatic hydroxyl groups excluding tert-OH is 1. The normalized spacial score (nSPS) is 14.3. The van der Waals surface area contributed by atoms with Gasteiger partial charge in [0.15, 0.2) is 0 Å². The zero-order chi connectivity index (χ0) is 15.4. The SMILES string of the molecule is CCCCc1ccc(C(O)CC(F)(F)C(F)(F)F)cc1. The minimum absolute atomic E-state index is 0.0640. The molecule has 20 heavy (non-hydrogen) atoms. The highest BCUT2D eigenvalue weighted by molar-refractivity contribution is 5.24. The molecule has 0 aromatic heterocycles. The Labute approximate surface area is 114 Å². The lowest BCUT2D eigenvalue weighted by atomic mass is 10.00. The van der Waals surface area contributed by atoms with Gasteiger partial charge in [0, 0.05) is 0 Å². The van der Waals surface area contributed by atoms with E-state index in [0.717, 1.165) is 24.8 Å². The van der Waals surface area contributed by atoms with Gasteiger partial charge in [-0.25, -0.2) is 0 Å². The van der Waals surface area contributed by atoms with Gasteiger partial charge in [-0.15, -0.1) is 0 Å². The van der Waals surface area contributed by atoms with E-state index in [2.05, 4.69) is 0 Å². The Balaban J connectivity index is 2.71. The number of rotatable bonds is 6. The van der Waals surface area contributed by atoms with Gasteiger partial charge in [0.1, 0.15) is 0 Å². The fourth-order valence-electron chi connectivity index (χ4n) is 1.76. The number of unbranched alkanes of at least 4 members (excludes halogenated alkanes) is 1. The van der Waals surface area contributed by atoms with Crippen molar-refractivity contribution >= 4 is 0 Å². The first kappa shape index (κ1) is 16.9. The van der Waals surface area contributed by atoms with E-state index in [9.17, 15) is 27.1 Å². The Morgan fingerprint density at radius 3 is 2.05 bits per heavy atom. The number of benzene rings is 1. The van der Waals surface area contributed by atoms with Crippen molar-refractivity contribution in [2.24, 2.45) is 0 Å². The van der Waals surface area contributed by atoms with Gasteiger partial charge in [-0.2, -0.15) is 22.0 Å². The minimum atomic E-state index is -5.64. The fraction of sp³-hybridized carbons (Fsp3) is 0.571. The molecular formula is C14H17F5O. The van der Waals surface area contributed by atoms with Gasteiger partial charge < -0.3 is 5.11 Å². The number of hydrogen-bond acceptors (Lipinski definition) is 1. The van der Waals surface area contributed by atoms with Crippen molar-refractivity contribution in [1.29, 1.82) is 0 Å². The number of hydrogen-bond donors (Lipinski definition) is 1. The maximum atomic E-state index is 12.8. The van der Waals surface area contributed by atoms with E-state index in [0.29, 0.717) is 0 Å². The lowest BCUT2D eigenvalue weighted by Crippen LogP contribution is -2.37. The fourth-order valence-corrected chi connectivity index (χ4v) is 1.76. The van der Waals surface area contributed by atoms with E-state index in [1.165, 1.54) is 12.1 Å². The predicted octanol–water partition coefficient (Wildman–Crippen LogP) is 4.65. The molecule has 0 heterocycles. The van der Waals surface area contributed by atoms with E-state index in [-0.39, 0.29) is 5.56 Å². The molecule has 0 spiro atoms. The van der Waals surface area contributed by atoms with Crippen LogP contribution in [-0.2, 0) is 6.42 Å². The summed E-state index contributed by atoms with van der Waals surface area (Å²) in [7, 11) is 0. The molecular weight excluding hydrogens is 279 g/mol. The topological polar surface area (TPSA) is 20.2 Å². The molecule has 0 fully saturated rings. The highest BCUT2D eigenvalue weighted by Crippen LogP contribution is 2.41. The van der Waals surface area contributed by atoms with Crippen molar-refractivity contribution in [3.8, 4) is 0 Å². The quantitative estimate of drug-likeness (QED) is 0.758. The number of aliphatic hydroxyl groups is 1. The second kappa shape index (κ2) is 6.52. The van der Waals surface area contributed by atoms with Gasteiger partial charge in [0.25, 0.3) is 0 Å². The summed E-state index contributed by atoms with van der Waals surface area (Å²) >= 11 is 0. The Morgan fingerprint density at radius 2 is 1.60 bits per heavy atom. The van der Waals surface area contributed by atoms with E-state index in [4.69, 9.17) is 0 Å². The number of halogens is 5. The summed E-state index contributed by atoms with van der Waals surface area (Å²) in [6.45, 7) is 2.03. The molecule has 0 aliphatic heterocycles. The molecule has 1 atom stereocenters. The summed E-state index contributed by atoms with van der Waals surface area (Å²) in [5.74, 6) is -4.90. The molecule has 0 radical (unpaired) electrons. The highest BCUT2D eigenvalue weighted by Gasteiger charge is 2.58. The van der Waals surface area contributed by atoms with Crippen LogP contribution in [0.4, 0.5) is 22.0 Å². The summed E-state index contributed by atoms with van der Waals surface area (Å²) in [4.78, 5) is 0. The molecule has 1 aromatic carbocycles. The summed E-state index contributed by atoms with van der Waals surface area (Å²) in [6.07, 6.45) is -6.37. The zero-order valence-corrected chi connectivity index (χ0v) is 11.1. The smallest absolute Gasteiger partial charge is 0.388 e. The van der Waals surface area contributed by atoms with Crippen LogP contribution in [0.5, 0.6) is 0 Å². The zero-order valence-electron chi connectivity index (χ0n) is 11.1. The van der Waals surface area contributed by atoms with Crippen LogP contribution in [0.3, 0.4) is 0 Å². The van der Waals surface area contributed by atoms with Gasteiger partial charge in [-0.05, 0) is 24.0 Å². The Morgan fingerprint density at radius 1 is 1.05 bits per heavy atom. The van der Waals surface area contributed by atoms with Crippen LogP contribution >= 0.6 is 0 Å². The second-order valence-electron chi connectivity index (χ2n) is 4.77. The molecule has 1 aromatic rings. The van der Waals surface area contributed by atoms with Gasteiger partial charge in [-0.3, -0.25) is 0 Å². The third-order valence-electron chi connectivity index (χ3n) is 3.05. The third kappa shape index (κ3) is 4.44. The first-order valence-corrected chi connectivity index (χ1v) is 6.39. The first-order valence-electron chi connectivity index (χ1n) is 6.39. The van der Waals surface area contributed by atoms with Crippen LogP contribution < -0.4 is 0 Å². The predicted molar refractivity (Wildman–Crippen MR) is 65.6 cm³/mol. The van der Waals surface area contributed by atoms with E-state index < -0.39 is 24.6 Å². The summed E-state index contributed by atoms with van der Waals surface area (Å²) in [5, 5.41) is 9.51. The maximum Gasteiger partial charge on any atom is 0.453 e. The van der Waals surface area contributed by atoms with Crippen LogP contribution in [-0.4, -0.2) is 17.2 Å². The lowest BCUT2D eigenvalue weighted by molar-refractivity contribution is -0.290. The van der Waals surface area contributed by atoms with Crippen LogP contribution in [0.15, 0.2) is 24.3 Å². The van der Waals surface area contributed by atoms with Crippen LogP contribution in [0.25, 0.3) is 0 Å². The van der Waals surface area contributed by atoms with E-state index in [1.807, 2.05) is 6.92 Å². The van der Waals surface area contributed by atoms with Gasteiger partial charge in [0.05, 0.1) is 12.5 Å². The Bertz CT molecular complexity index is 411. The molecule has 1 nitrogen and oxygen atoms in total. The van der Waals surface area contributed by atoms with Gasteiger partial charge in [-0.1, -0.05) is 37.6 Å². The van der Waals surface area contributed by atoms with Gasteiger partial charge >= 0.3 is 12.1 Å². The average Bonchev–Trinajstić information content (AvgIpc) is 2.35. The summed E-state index contributed by atoms with van der Waals surface area (Å²) in [5.41, 5.74) is 1.03. The van der Waals surface area contributed by atoms with Crippen LogP contribution in [0.2, 0.25) is 0 Å². The molecule has 1 rings (SSSR count). The molecule has 0 aliphatic rings. The maximum absolute atomic E-state index is 12.8. The minimum Gasteiger partial charge on any atom is -0.388 e. The van der Waals surface area contributed by atoms with Crippen molar-refractivity contribution in [2.45, 2.75) is 50.8 Å². The van der Waals surface area contributed by atoms with Crippen molar-refractivity contribution in [3.05, 3.63) is 35.4 Å². The largest absolute Gasteiger partial charge is 0.453 e. The van der Waals surface area contributed by atoms with Crippen LogP contribution in [0, 0.1) is 0 Å². The van der Waals surface area contributed by atoms with E-state index >= 15 is 0 Å². The van der Waals surface area contributed by atoms with Gasteiger partial charge in [0.2, 0.25) is 0 Å². The van der Waals surface area contributed by atoms with Crippen molar-refractivity contribution in [3.63, 3.8) is 0 Å². The van der Waals surface area contributed by atoms with Crippen molar-refractivity contribution < 1.29 is 27.1 Å². The second-order valence-corrected chi connectivity index (χ2v) is 4.77. The molecule has 0 bridgehead atoms. The first-order chi connectivity index (χ1) is 9.17.